The summed E-state index contributed by atoms with van der Waals surface area (Å²) in [6.45, 7) is 3.71. The minimum Gasteiger partial charge on any atom is -0.462 e. The highest BCUT2D eigenvalue weighted by Crippen LogP contribution is 2.17. The number of benzene rings is 2. The fourth-order valence-electron chi connectivity index (χ4n) is 2.17. The van der Waals surface area contributed by atoms with Gasteiger partial charge in [0.05, 0.1) is 22.8 Å². The van der Waals surface area contributed by atoms with Crippen LogP contribution in [0.3, 0.4) is 0 Å². The van der Waals surface area contributed by atoms with Crippen molar-refractivity contribution in [3.8, 4) is 0 Å². The zero-order valence-electron chi connectivity index (χ0n) is 14.0. The van der Waals surface area contributed by atoms with Gasteiger partial charge in [-0.05, 0) is 38.1 Å². The predicted molar refractivity (Wildman–Crippen MR) is 94.3 cm³/mol. The lowest BCUT2D eigenvalue weighted by atomic mass is 10.2. The summed E-state index contributed by atoms with van der Waals surface area (Å²) in [7, 11) is -3.77. The number of hydrogen-bond acceptors (Lipinski definition) is 5. The molecule has 1 N–H and O–H groups in total. The Morgan fingerprint density at radius 1 is 1.04 bits per heavy atom. The molecule has 0 aliphatic rings. The number of nitrogens with one attached hydrogen (secondary N) is 1. The number of anilines is 1. The van der Waals surface area contributed by atoms with Gasteiger partial charge in [0.25, 0.3) is 0 Å². The third-order valence-electron chi connectivity index (χ3n) is 3.40. The third-order valence-corrected chi connectivity index (χ3v) is 5.03. The molecule has 1 amide bonds. The molecule has 0 radical (unpaired) electrons. The van der Waals surface area contributed by atoms with E-state index in [4.69, 9.17) is 4.74 Å². The molecule has 0 atom stereocenters. The average molecular weight is 361 g/mol. The van der Waals surface area contributed by atoms with Crippen LogP contribution in [-0.4, -0.2) is 32.7 Å². The summed E-state index contributed by atoms with van der Waals surface area (Å²) in [6.07, 6.45) is 0. The number of hydrogen-bond donors (Lipinski definition) is 1. The van der Waals surface area contributed by atoms with Gasteiger partial charge in [0.2, 0.25) is 5.91 Å². The number of aryl methyl sites for hydroxylation is 1. The van der Waals surface area contributed by atoms with E-state index in [2.05, 4.69) is 5.32 Å². The number of esters is 1. The second-order valence-corrected chi connectivity index (χ2v) is 7.38. The molecule has 0 saturated carbocycles. The highest BCUT2D eigenvalue weighted by Gasteiger charge is 2.21. The number of amides is 1. The molecule has 0 fully saturated rings. The van der Waals surface area contributed by atoms with Crippen LogP contribution in [0.1, 0.15) is 22.8 Å². The molecule has 0 aromatic heterocycles. The van der Waals surface area contributed by atoms with E-state index >= 15 is 0 Å². The number of rotatable bonds is 6. The van der Waals surface area contributed by atoms with Crippen molar-refractivity contribution in [2.75, 3.05) is 17.7 Å². The Bertz CT molecular complexity index is 873. The van der Waals surface area contributed by atoms with Crippen LogP contribution in [0.5, 0.6) is 0 Å². The first-order valence-corrected chi connectivity index (χ1v) is 9.34. The first-order chi connectivity index (χ1) is 11.8. The Morgan fingerprint density at radius 2 is 1.68 bits per heavy atom. The van der Waals surface area contributed by atoms with E-state index in [-0.39, 0.29) is 22.8 Å². The quantitative estimate of drug-likeness (QED) is 0.799. The van der Waals surface area contributed by atoms with Crippen molar-refractivity contribution in [1.82, 2.24) is 0 Å². The zero-order valence-corrected chi connectivity index (χ0v) is 14.8. The van der Waals surface area contributed by atoms with Crippen molar-refractivity contribution < 1.29 is 22.7 Å². The SMILES string of the molecule is CCOC(=O)c1ccccc1NC(=O)CS(=O)(=O)c1ccc(C)cc1. The Balaban J connectivity index is 2.15. The van der Waals surface area contributed by atoms with E-state index in [9.17, 15) is 18.0 Å². The second kappa shape index (κ2) is 7.94. The van der Waals surface area contributed by atoms with Crippen LogP contribution < -0.4 is 5.32 Å². The van der Waals surface area contributed by atoms with E-state index in [1.165, 1.54) is 24.3 Å². The molecule has 0 spiro atoms. The van der Waals surface area contributed by atoms with Crippen LogP contribution in [0.2, 0.25) is 0 Å². The van der Waals surface area contributed by atoms with Crippen LogP contribution in [-0.2, 0) is 19.4 Å². The van der Waals surface area contributed by atoms with E-state index in [1.807, 2.05) is 6.92 Å². The van der Waals surface area contributed by atoms with Crippen LogP contribution in [0, 0.1) is 6.92 Å². The smallest absolute Gasteiger partial charge is 0.340 e. The van der Waals surface area contributed by atoms with E-state index in [0.29, 0.717) is 0 Å². The molecule has 6 nitrogen and oxygen atoms in total. The Labute approximate surface area is 146 Å². The molecule has 0 saturated heterocycles. The first kappa shape index (κ1) is 18.7. The first-order valence-electron chi connectivity index (χ1n) is 7.69. The normalized spacial score (nSPS) is 11.0. The van der Waals surface area contributed by atoms with E-state index < -0.39 is 27.5 Å². The van der Waals surface area contributed by atoms with Crippen LogP contribution in [0.4, 0.5) is 5.69 Å². The molecule has 2 aromatic carbocycles. The lowest BCUT2D eigenvalue weighted by Crippen LogP contribution is -2.24. The molecule has 0 aliphatic heterocycles. The van der Waals surface area contributed by atoms with E-state index in [0.717, 1.165) is 5.56 Å². The van der Waals surface area contributed by atoms with Gasteiger partial charge in [-0.15, -0.1) is 0 Å². The van der Waals surface area contributed by atoms with Gasteiger partial charge in [0.15, 0.2) is 9.84 Å². The second-order valence-electron chi connectivity index (χ2n) is 5.39. The van der Waals surface area contributed by atoms with Crippen molar-refractivity contribution >= 4 is 27.4 Å². The summed E-state index contributed by atoms with van der Waals surface area (Å²) in [5, 5.41) is 2.47. The molecule has 0 bridgehead atoms. The lowest BCUT2D eigenvalue weighted by Gasteiger charge is -2.10. The summed E-state index contributed by atoms with van der Waals surface area (Å²) < 4.78 is 29.5. The summed E-state index contributed by atoms with van der Waals surface area (Å²) in [5.74, 6) is -2.02. The third kappa shape index (κ3) is 4.90. The Morgan fingerprint density at radius 3 is 2.32 bits per heavy atom. The monoisotopic (exact) mass is 361 g/mol. The highest BCUT2D eigenvalue weighted by atomic mass is 32.2. The summed E-state index contributed by atoms with van der Waals surface area (Å²) in [6, 6.07) is 12.5. The molecule has 7 heteroatoms. The minimum absolute atomic E-state index is 0.0759. The summed E-state index contributed by atoms with van der Waals surface area (Å²) >= 11 is 0. The Hall–Kier alpha value is -2.67. The fourth-order valence-corrected chi connectivity index (χ4v) is 3.30. The number of ether oxygens (including phenoxy) is 1. The van der Waals surface area contributed by atoms with Crippen molar-refractivity contribution in [1.29, 1.82) is 0 Å². The van der Waals surface area contributed by atoms with Gasteiger partial charge in [-0.3, -0.25) is 4.79 Å². The van der Waals surface area contributed by atoms with Crippen molar-refractivity contribution in [3.05, 3.63) is 59.7 Å². The van der Waals surface area contributed by atoms with Crippen LogP contribution in [0.25, 0.3) is 0 Å². The zero-order chi connectivity index (χ0) is 18.4. The minimum atomic E-state index is -3.77. The summed E-state index contributed by atoms with van der Waals surface area (Å²) in [5.41, 5.74) is 1.31. The topological polar surface area (TPSA) is 89.5 Å². The van der Waals surface area contributed by atoms with E-state index in [1.54, 1.807) is 31.2 Å². The molecule has 2 aromatic rings. The van der Waals surface area contributed by atoms with Gasteiger partial charge in [0.1, 0.15) is 5.75 Å². The van der Waals surface area contributed by atoms with Gasteiger partial charge in [-0.1, -0.05) is 29.8 Å². The van der Waals surface area contributed by atoms with Crippen molar-refractivity contribution in [3.63, 3.8) is 0 Å². The molecule has 0 aliphatic carbocycles. The average Bonchev–Trinajstić information content (AvgIpc) is 2.55. The highest BCUT2D eigenvalue weighted by molar-refractivity contribution is 7.92. The van der Waals surface area contributed by atoms with Crippen LogP contribution in [0.15, 0.2) is 53.4 Å². The molecule has 2 rings (SSSR count). The van der Waals surface area contributed by atoms with Gasteiger partial charge >= 0.3 is 5.97 Å². The largest absolute Gasteiger partial charge is 0.462 e. The standard InChI is InChI=1S/C18H19NO5S/c1-3-24-18(21)15-6-4-5-7-16(15)19-17(20)12-25(22,23)14-10-8-13(2)9-11-14/h4-11H,3,12H2,1-2H3,(H,19,20). The molecule has 25 heavy (non-hydrogen) atoms. The van der Waals surface area contributed by atoms with Crippen molar-refractivity contribution in [2.45, 2.75) is 18.7 Å². The molecule has 132 valence electrons. The molecule has 0 unspecified atom stereocenters. The maximum absolute atomic E-state index is 12.3. The maximum Gasteiger partial charge on any atom is 0.340 e. The van der Waals surface area contributed by atoms with Crippen molar-refractivity contribution in [2.24, 2.45) is 0 Å². The molecule has 0 heterocycles. The van der Waals surface area contributed by atoms with Gasteiger partial charge in [-0.25, -0.2) is 13.2 Å². The van der Waals surface area contributed by atoms with Gasteiger partial charge < -0.3 is 10.1 Å². The predicted octanol–water partition coefficient (Wildman–Crippen LogP) is 2.58. The number of sulfone groups is 1. The summed E-state index contributed by atoms with van der Waals surface area (Å²) in [4.78, 5) is 24.1. The van der Waals surface area contributed by atoms with Gasteiger partial charge in [0, 0.05) is 0 Å². The molecular formula is C18H19NO5S. The van der Waals surface area contributed by atoms with Gasteiger partial charge in [-0.2, -0.15) is 0 Å². The lowest BCUT2D eigenvalue weighted by molar-refractivity contribution is -0.113. The molecular weight excluding hydrogens is 342 g/mol. The fraction of sp³-hybridized carbons (Fsp3) is 0.222. The Kier molecular flexibility index (Phi) is 5.93. The number of para-hydroxylation sites is 1. The number of carbonyl (C=O) groups is 2. The van der Waals surface area contributed by atoms with Crippen LogP contribution >= 0.6 is 0 Å². The number of carbonyl (C=O) groups excluding carboxylic acids is 2. The maximum atomic E-state index is 12.3.